The van der Waals surface area contributed by atoms with Gasteiger partial charge in [-0.05, 0) is 31.9 Å². The molecule has 0 unspecified atom stereocenters. The molecule has 1 aromatic carbocycles. The maximum atomic E-state index is 13.5. The molecule has 0 aliphatic heterocycles. The molecule has 0 aliphatic rings. The quantitative estimate of drug-likeness (QED) is 0.737. The summed E-state index contributed by atoms with van der Waals surface area (Å²) in [4.78, 5) is 14.0. The molecule has 0 fully saturated rings. The smallest absolute Gasteiger partial charge is 0.227 e. The summed E-state index contributed by atoms with van der Waals surface area (Å²) in [5.41, 5.74) is 0.465. The van der Waals surface area contributed by atoms with Crippen LogP contribution in [0.25, 0.3) is 0 Å². The van der Waals surface area contributed by atoms with E-state index in [2.05, 4.69) is 15.9 Å². The van der Waals surface area contributed by atoms with E-state index < -0.39 is 0 Å². The van der Waals surface area contributed by atoms with Crippen molar-refractivity contribution in [1.29, 1.82) is 0 Å². The Balaban J connectivity index is 2.70. The molecule has 1 aromatic rings. The highest BCUT2D eigenvalue weighted by molar-refractivity contribution is 9.09. The number of rotatable bonds is 6. The monoisotopic (exact) mass is 315 g/mol. The molecule has 0 radical (unpaired) electrons. The van der Waals surface area contributed by atoms with Crippen LogP contribution < -0.4 is 0 Å². The Morgan fingerprint density at radius 2 is 2.06 bits per heavy atom. The average molecular weight is 316 g/mol. The van der Waals surface area contributed by atoms with Crippen LogP contribution in [0.4, 0.5) is 4.39 Å². The molecule has 0 atom stereocenters. The fraction of sp³-hybridized carbons (Fsp3) is 0.500. The fourth-order valence-electron chi connectivity index (χ4n) is 1.81. The molecule has 4 heteroatoms. The largest absolute Gasteiger partial charge is 0.340 e. The van der Waals surface area contributed by atoms with Crippen molar-refractivity contribution in [2.75, 3.05) is 11.9 Å². The summed E-state index contributed by atoms with van der Waals surface area (Å²) >= 11 is 3.36. The summed E-state index contributed by atoms with van der Waals surface area (Å²) in [6, 6.07) is 6.58. The lowest BCUT2D eigenvalue weighted by Crippen LogP contribution is -2.39. The van der Waals surface area contributed by atoms with E-state index in [1.54, 1.807) is 23.1 Å². The molecule has 100 valence electrons. The summed E-state index contributed by atoms with van der Waals surface area (Å²) in [6.45, 7) is 4.66. The van der Waals surface area contributed by atoms with Gasteiger partial charge >= 0.3 is 0 Å². The highest BCUT2D eigenvalue weighted by Crippen LogP contribution is 2.11. The summed E-state index contributed by atoms with van der Waals surface area (Å²) in [6.07, 6.45) is 1.04. The number of hydrogen-bond donors (Lipinski definition) is 0. The predicted molar refractivity (Wildman–Crippen MR) is 75.4 cm³/mol. The number of carbonyl (C=O) groups excluding carboxylic acids is 1. The lowest BCUT2D eigenvalue weighted by molar-refractivity contribution is -0.132. The molecular formula is C14H19BrFNO. The molecule has 1 amide bonds. The molecule has 0 N–H and O–H groups in total. The van der Waals surface area contributed by atoms with Gasteiger partial charge in [-0.15, -0.1) is 0 Å². The van der Waals surface area contributed by atoms with Gasteiger partial charge in [0.25, 0.3) is 0 Å². The van der Waals surface area contributed by atoms with Gasteiger partial charge in [-0.3, -0.25) is 4.79 Å². The molecule has 1 rings (SSSR count). The minimum absolute atomic E-state index is 0.0175. The zero-order valence-electron chi connectivity index (χ0n) is 10.8. The first-order valence-corrected chi connectivity index (χ1v) is 7.27. The lowest BCUT2D eigenvalue weighted by Gasteiger charge is -2.26. The Morgan fingerprint density at radius 1 is 1.39 bits per heavy atom. The molecule has 18 heavy (non-hydrogen) atoms. The maximum Gasteiger partial charge on any atom is 0.227 e. The Bertz CT molecular complexity index is 395. The molecule has 0 aromatic heterocycles. The highest BCUT2D eigenvalue weighted by atomic mass is 79.9. The normalized spacial score (nSPS) is 10.7. The third-order valence-electron chi connectivity index (χ3n) is 2.78. The van der Waals surface area contributed by atoms with Crippen LogP contribution in [0.5, 0.6) is 0 Å². The second kappa shape index (κ2) is 7.52. The van der Waals surface area contributed by atoms with Crippen LogP contribution in [0.15, 0.2) is 24.3 Å². The first kappa shape index (κ1) is 15.2. The maximum absolute atomic E-state index is 13.5. The van der Waals surface area contributed by atoms with Crippen LogP contribution in [0, 0.1) is 5.82 Å². The number of alkyl halides is 1. The minimum atomic E-state index is -0.310. The van der Waals surface area contributed by atoms with Crippen molar-refractivity contribution in [3.8, 4) is 0 Å². The Hall–Kier alpha value is -0.900. The first-order valence-electron chi connectivity index (χ1n) is 6.15. The van der Waals surface area contributed by atoms with Crippen LogP contribution in [-0.2, 0) is 11.2 Å². The SMILES string of the molecule is CC(C)N(CCCBr)C(=O)Cc1ccccc1F. The summed E-state index contributed by atoms with van der Waals surface area (Å²) < 4.78 is 13.5. The van der Waals surface area contributed by atoms with Crippen molar-refractivity contribution in [3.63, 3.8) is 0 Å². The van der Waals surface area contributed by atoms with Crippen molar-refractivity contribution >= 4 is 21.8 Å². The van der Waals surface area contributed by atoms with Crippen LogP contribution >= 0.6 is 15.9 Å². The Kier molecular flexibility index (Phi) is 6.33. The standard InChI is InChI=1S/C14H19BrFNO/c1-11(2)17(9-5-8-15)14(18)10-12-6-3-4-7-13(12)16/h3-4,6-7,11H,5,8-10H2,1-2H3. The molecule has 0 bridgehead atoms. The number of benzene rings is 1. The Labute approximate surface area is 116 Å². The van der Waals surface area contributed by atoms with E-state index in [0.29, 0.717) is 12.1 Å². The van der Waals surface area contributed by atoms with Gasteiger partial charge in [0.2, 0.25) is 5.91 Å². The second-order valence-corrected chi connectivity index (χ2v) is 5.28. The van der Waals surface area contributed by atoms with Gasteiger partial charge in [0.15, 0.2) is 0 Å². The van der Waals surface area contributed by atoms with Gasteiger partial charge in [0.1, 0.15) is 5.82 Å². The molecule has 0 spiro atoms. The third kappa shape index (κ3) is 4.41. The van der Waals surface area contributed by atoms with Gasteiger partial charge in [0, 0.05) is 17.9 Å². The summed E-state index contributed by atoms with van der Waals surface area (Å²) in [5, 5.41) is 0.864. The van der Waals surface area contributed by atoms with Gasteiger partial charge in [0.05, 0.1) is 6.42 Å². The molecule has 2 nitrogen and oxygen atoms in total. The van der Waals surface area contributed by atoms with E-state index in [9.17, 15) is 9.18 Å². The number of halogens is 2. The molecule has 0 saturated heterocycles. The van der Waals surface area contributed by atoms with Crippen LogP contribution in [0.1, 0.15) is 25.8 Å². The van der Waals surface area contributed by atoms with Crippen molar-refractivity contribution in [1.82, 2.24) is 4.90 Å². The molecule has 0 saturated carbocycles. The third-order valence-corrected chi connectivity index (χ3v) is 3.34. The van der Waals surface area contributed by atoms with E-state index in [1.807, 2.05) is 13.8 Å². The first-order chi connectivity index (χ1) is 8.56. The van der Waals surface area contributed by atoms with E-state index in [4.69, 9.17) is 0 Å². The summed E-state index contributed by atoms with van der Waals surface area (Å²) in [7, 11) is 0. The topological polar surface area (TPSA) is 20.3 Å². The molecular weight excluding hydrogens is 297 g/mol. The van der Waals surface area contributed by atoms with Crippen molar-refractivity contribution < 1.29 is 9.18 Å². The zero-order valence-corrected chi connectivity index (χ0v) is 12.4. The Morgan fingerprint density at radius 3 is 2.61 bits per heavy atom. The van der Waals surface area contributed by atoms with Crippen molar-refractivity contribution in [3.05, 3.63) is 35.6 Å². The molecule has 0 aliphatic carbocycles. The number of hydrogen-bond acceptors (Lipinski definition) is 1. The number of nitrogens with zero attached hydrogens (tertiary/aromatic N) is 1. The number of amides is 1. The van der Waals surface area contributed by atoms with E-state index in [-0.39, 0.29) is 24.2 Å². The lowest BCUT2D eigenvalue weighted by atomic mass is 10.1. The number of carbonyl (C=O) groups is 1. The minimum Gasteiger partial charge on any atom is -0.340 e. The highest BCUT2D eigenvalue weighted by Gasteiger charge is 2.17. The van der Waals surface area contributed by atoms with Crippen LogP contribution in [-0.4, -0.2) is 28.7 Å². The van der Waals surface area contributed by atoms with Crippen molar-refractivity contribution in [2.24, 2.45) is 0 Å². The van der Waals surface area contributed by atoms with Crippen LogP contribution in [0.2, 0.25) is 0 Å². The van der Waals surface area contributed by atoms with Gasteiger partial charge in [-0.2, -0.15) is 0 Å². The fourth-order valence-corrected chi connectivity index (χ4v) is 2.06. The van der Waals surface area contributed by atoms with Gasteiger partial charge < -0.3 is 4.90 Å². The zero-order chi connectivity index (χ0) is 13.5. The van der Waals surface area contributed by atoms with E-state index >= 15 is 0 Å². The van der Waals surface area contributed by atoms with Gasteiger partial charge in [-0.1, -0.05) is 34.1 Å². The predicted octanol–water partition coefficient (Wildman–Crippen LogP) is 3.39. The van der Waals surface area contributed by atoms with Gasteiger partial charge in [-0.25, -0.2) is 4.39 Å². The molecule has 0 heterocycles. The van der Waals surface area contributed by atoms with Crippen molar-refractivity contribution in [2.45, 2.75) is 32.7 Å². The van der Waals surface area contributed by atoms with E-state index in [1.165, 1.54) is 6.07 Å². The second-order valence-electron chi connectivity index (χ2n) is 4.49. The average Bonchev–Trinajstić information content (AvgIpc) is 2.32. The van der Waals surface area contributed by atoms with Crippen LogP contribution in [0.3, 0.4) is 0 Å². The summed E-state index contributed by atoms with van der Waals surface area (Å²) in [5.74, 6) is -0.328. The van der Waals surface area contributed by atoms with E-state index in [0.717, 1.165) is 11.8 Å².